The fraction of sp³-hybridized carbons (Fsp3) is 0.217. The fourth-order valence-electron chi connectivity index (χ4n) is 4.39. The second kappa shape index (κ2) is 6.46. The van der Waals surface area contributed by atoms with Crippen molar-refractivity contribution in [2.45, 2.75) is 18.4 Å². The molecule has 0 spiro atoms. The number of para-hydroxylation sites is 1. The van der Waals surface area contributed by atoms with E-state index < -0.39 is 0 Å². The van der Waals surface area contributed by atoms with E-state index >= 15 is 0 Å². The molecule has 2 nitrogen and oxygen atoms in total. The fourth-order valence-corrected chi connectivity index (χ4v) is 4.57. The molecule has 2 aliphatic heterocycles. The van der Waals surface area contributed by atoms with E-state index in [4.69, 9.17) is 16.3 Å². The summed E-state index contributed by atoms with van der Waals surface area (Å²) < 4.78 is 6.27. The van der Waals surface area contributed by atoms with Crippen LogP contribution in [0.3, 0.4) is 0 Å². The first-order valence-corrected chi connectivity index (χ1v) is 9.48. The van der Waals surface area contributed by atoms with Crippen LogP contribution in [0.2, 0.25) is 5.02 Å². The van der Waals surface area contributed by atoms with Gasteiger partial charge in [-0.15, -0.1) is 0 Å². The van der Waals surface area contributed by atoms with Gasteiger partial charge in [0.05, 0.1) is 0 Å². The average Bonchev–Trinajstić information content (AvgIpc) is 3.03. The van der Waals surface area contributed by atoms with Crippen molar-refractivity contribution in [2.75, 3.05) is 13.1 Å². The van der Waals surface area contributed by atoms with Gasteiger partial charge in [-0.05, 0) is 35.4 Å². The van der Waals surface area contributed by atoms with Crippen LogP contribution in [-0.2, 0) is 6.54 Å². The number of rotatable bonds is 2. The lowest BCUT2D eigenvalue weighted by molar-refractivity contribution is 0.321. The average molecular weight is 362 g/mol. The summed E-state index contributed by atoms with van der Waals surface area (Å²) in [5.74, 6) is 2.74. The first-order chi connectivity index (χ1) is 12.8. The Bertz CT molecular complexity index is 940. The standard InChI is InChI=1S/C23H20ClNO/c24-17-10-11-23-19(12-17)21-15-25(13-16-6-2-1-3-7-16)14-20(21)18-8-4-5-9-22(18)26-23/h1-12,20-21H,13-15H2. The maximum atomic E-state index is 6.33. The van der Waals surface area contributed by atoms with Gasteiger partial charge < -0.3 is 4.74 Å². The highest BCUT2D eigenvalue weighted by Crippen LogP contribution is 2.50. The lowest BCUT2D eigenvalue weighted by Gasteiger charge is -2.18. The van der Waals surface area contributed by atoms with Crippen molar-refractivity contribution in [3.8, 4) is 11.5 Å². The minimum Gasteiger partial charge on any atom is -0.457 e. The van der Waals surface area contributed by atoms with Gasteiger partial charge in [-0.2, -0.15) is 0 Å². The van der Waals surface area contributed by atoms with Crippen molar-refractivity contribution in [1.29, 1.82) is 0 Å². The van der Waals surface area contributed by atoms with E-state index in [2.05, 4.69) is 59.5 Å². The second-order valence-corrected chi connectivity index (χ2v) is 7.65. The van der Waals surface area contributed by atoms with Gasteiger partial charge in [0.2, 0.25) is 0 Å². The molecule has 0 N–H and O–H groups in total. The quantitative estimate of drug-likeness (QED) is 0.569. The van der Waals surface area contributed by atoms with Crippen LogP contribution in [0.5, 0.6) is 11.5 Å². The third kappa shape index (κ3) is 2.80. The number of halogens is 1. The molecule has 0 amide bonds. The third-order valence-electron chi connectivity index (χ3n) is 5.55. The highest BCUT2D eigenvalue weighted by Gasteiger charge is 2.39. The summed E-state index contributed by atoms with van der Waals surface area (Å²) in [6.07, 6.45) is 0. The molecule has 2 unspecified atom stereocenters. The van der Waals surface area contributed by atoms with E-state index in [0.717, 1.165) is 36.2 Å². The first kappa shape index (κ1) is 15.9. The van der Waals surface area contributed by atoms with E-state index in [1.54, 1.807) is 0 Å². The number of benzene rings is 3. The number of fused-ring (bicyclic) bond motifs is 5. The van der Waals surface area contributed by atoms with Crippen molar-refractivity contribution >= 4 is 11.6 Å². The molecule has 0 aromatic heterocycles. The van der Waals surface area contributed by atoms with Crippen LogP contribution in [-0.4, -0.2) is 18.0 Å². The SMILES string of the molecule is Clc1ccc2c(c1)C1CN(Cc3ccccc3)CC1c1ccccc1O2. The summed E-state index contributed by atoms with van der Waals surface area (Å²) in [4.78, 5) is 2.55. The molecule has 0 bridgehead atoms. The molecule has 26 heavy (non-hydrogen) atoms. The van der Waals surface area contributed by atoms with Crippen LogP contribution >= 0.6 is 11.6 Å². The number of nitrogens with zero attached hydrogens (tertiary/aromatic N) is 1. The minimum absolute atomic E-state index is 0.399. The molecule has 2 heterocycles. The Morgan fingerprint density at radius 3 is 2.35 bits per heavy atom. The van der Waals surface area contributed by atoms with E-state index in [9.17, 15) is 0 Å². The summed E-state index contributed by atoms with van der Waals surface area (Å²) in [7, 11) is 0. The second-order valence-electron chi connectivity index (χ2n) is 7.21. The van der Waals surface area contributed by atoms with E-state index in [1.165, 1.54) is 16.7 Å². The largest absolute Gasteiger partial charge is 0.457 e. The predicted octanol–water partition coefficient (Wildman–Crippen LogP) is 5.83. The Morgan fingerprint density at radius 1 is 0.808 bits per heavy atom. The molecule has 1 fully saturated rings. The molecule has 1 saturated heterocycles. The molecule has 3 aromatic carbocycles. The lowest BCUT2D eigenvalue weighted by Crippen LogP contribution is -2.20. The number of hydrogen-bond acceptors (Lipinski definition) is 2. The van der Waals surface area contributed by atoms with Crippen LogP contribution in [0.25, 0.3) is 0 Å². The van der Waals surface area contributed by atoms with Gasteiger partial charge in [-0.1, -0.05) is 60.1 Å². The molecule has 130 valence electrons. The molecule has 3 heteroatoms. The Morgan fingerprint density at radius 2 is 1.50 bits per heavy atom. The Hall–Kier alpha value is -2.29. The van der Waals surface area contributed by atoms with Crippen molar-refractivity contribution in [1.82, 2.24) is 4.90 Å². The summed E-state index contributed by atoms with van der Waals surface area (Å²) in [6.45, 7) is 3.03. The maximum absolute atomic E-state index is 6.33. The van der Waals surface area contributed by atoms with Crippen LogP contribution in [0.15, 0.2) is 72.8 Å². The smallest absolute Gasteiger partial charge is 0.131 e. The Labute approximate surface area is 159 Å². The van der Waals surface area contributed by atoms with Crippen molar-refractivity contribution in [3.63, 3.8) is 0 Å². The van der Waals surface area contributed by atoms with Gasteiger partial charge in [0.1, 0.15) is 11.5 Å². The van der Waals surface area contributed by atoms with E-state index in [1.807, 2.05) is 18.2 Å². The van der Waals surface area contributed by atoms with Crippen LogP contribution in [0, 0.1) is 0 Å². The number of hydrogen-bond donors (Lipinski definition) is 0. The van der Waals surface area contributed by atoms with Gasteiger partial charge in [-0.25, -0.2) is 0 Å². The van der Waals surface area contributed by atoms with E-state index in [-0.39, 0.29) is 0 Å². The minimum atomic E-state index is 0.399. The lowest BCUT2D eigenvalue weighted by atomic mass is 9.84. The molecular formula is C23H20ClNO. The van der Waals surface area contributed by atoms with Gasteiger partial charge in [0, 0.05) is 42.1 Å². The number of ether oxygens (including phenoxy) is 1. The van der Waals surface area contributed by atoms with Crippen molar-refractivity contribution < 1.29 is 4.74 Å². The summed E-state index contributed by atoms with van der Waals surface area (Å²) in [5.41, 5.74) is 3.90. The van der Waals surface area contributed by atoms with Crippen molar-refractivity contribution in [2.24, 2.45) is 0 Å². The van der Waals surface area contributed by atoms with E-state index in [0.29, 0.717) is 11.8 Å². The van der Waals surface area contributed by atoms with Crippen LogP contribution in [0.1, 0.15) is 28.5 Å². The van der Waals surface area contributed by atoms with Crippen LogP contribution < -0.4 is 4.74 Å². The summed E-state index contributed by atoms with van der Waals surface area (Å²) >= 11 is 6.33. The maximum Gasteiger partial charge on any atom is 0.131 e. The molecule has 0 radical (unpaired) electrons. The molecule has 0 aliphatic carbocycles. The highest BCUT2D eigenvalue weighted by molar-refractivity contribution is 6.30. The highest BCUT2D eigenvalue weighted by atomic mass is 35.5. The molecule has 0 saturated carbocycles. The number of likely N-dealkylation sites (tertiary alicyclic amines) is 1. The molecule has 5 rings (SSSR count). The Balaban J connectivity index is 1.55. The van der Waals surface area contributed by atoms with Gasteiger partial charge >= 0.3 is 0 Å². The first-order valence-electron chi connectivity index (χ1n) is 9.10. The van der Waals surface area contributed by atoms with Crippen LogP contribution in [0.4, 0.5) is 0 Å². The third-order valence-corrected chi connectivity index (χ3v) is 5.79. The Kier molecular flexibility index (Phi) is 3.96. The topological polar surface area (TPSA) is 12.5 Å². The van der Waals surface area contributed by atoms with Gasteiger partial charge in [0.15, 0.2) is 0 Å². The monoisotopic (exact) mass is 361 g/mol. The molecule has 3 aromatic rings. The molecule has 2 atom stereocenters. The zero-order valence-corrected chi connectivity index (χ0v) is 15.2. The normalized spacial score (nSPS) is 21.3. The zero-order chi connectivity index (χ0) is 17.5. The summed E-state index contributed by atoms with van der Waals surface area (Å²) in [5, 5.41) is 0.776. The zero-order valence-electron chi connectivity index (χ0n) is 14.4. The van der Waals surface area contributed by atoms with Gasteiger partial charge in [0.25, 0.3) is 0 Å². The van der Waals surface area contributed by atoms with Gasteiger partial charge in [-0.3, -0.25) is 4.90 Å². The molecule has 2 aliphatic rings. The summed E-state index contributed by atoms with van der Waals surface area (Å²) in [6, 6.07) is 25.2. The van der Waals surface area contributed by atoms with Crippen molar-refractivity contribution in [3.05, 3.63) is 94.5 Å². The predicted molar refractivity (Wildman–Crippen MR) is 105 cm³/mol. The molecular weight excluding hydrogens is 342 g/mol.